The molecule has 0 saturated carbocycles. The number of benzene rings is 2. The van der Waals surface area contributed by atoms with Gasteiger partial charge in [-0.3, -0.25) is 0 Å². The second-order valence-corrected chi connectivity index (χ2v) is 4.85. The van der Waals surface area contributed by atoms with E-state index < -0.39 is 0 Å². The number of aryl methyl sites for hydroxylation is 1. The molecule has 0 unspecified atom stereocenters. The van der Waals surface area contributed by atoms with E-state index in [0.717, 1.165) is 16.8 Å². The first-order valence-electron chi connectivity index (χ1n) is 5.65. The van der Waals surface area contributed by atoms with Gasteiger partial charge in [0.15, 0.2) is 0 Å². The summed E-state index contributed by atoms with van der Waals surface area (Å²) in [6.45, 7) is 2.60. The second-order valence-electron chi connectivity index (χ2n) is 4.04. The molecule has 0 fully saturated rings. The molecular weight excluding hydrogens is 267 g/mol. The van der Waals surface area contributed by atoms with Crippen LogP contribution >= 0.6 is 23.2 Å². The molecule has 18 heavy (non-hydrogen) atoms. The molecule has 0 aromatic heterocycles. The van der Waals surface area contributed by atoms with Gasteiger partial charge < -0.3 is 5.43 Å². The summed E-state index contributed by atoms with van der Waals surface area (Å²) in [6, 6.07) is 13.7. The van der Waals surface area contributed by atoms with Crippen molar-refractivity contribution < 1.29 is 0 Å². The van der Waals surface area contributed by atoms with Gasteiger partial charge in [-0.05, 0) is 36.2 Å². The number of hydrogen-bond acceptors (Lipinski definition) is 2. The normalized spacial score (nSPS) is 10.4. The monoisotopic (exact) mass is 280 g/mol. The Bertz CT molecular complexity index is 527. The van der Waals surface area contributed by atoms with Crippen molar-refractivity contribution in [2.24, 2.45) is 0 Å². The van der Waals surface area contributed by atoms with E-state index in [9.17, 15) is 0 Å². The van der Waals surface area contributed by atoms with Crippen LogP contribution in [0.3, 0.4) is 0 Å². The van der Waals surface area contributed by atoms with Crippen molar-refractivity contribution in [2.45, 2.75) is 13.5 Å². The van der Waals surface area contributed by atoms with Crippen LogP contribution in [0.1, 0.15) is 11.1 Å². The number of hydrogen-bond donors (Lipinski definition) is 2. The van der Waals surface area contributed by atoms with Gasteiger partial charge in [0.1, 0.15) is 0 Å². The van der Waals surface area contributed by atoms with Crippen LogP contribution in [0.15, 0.2) is 42.5 Å². The number of halogens is 2. The number of para-hydroxylation sites is 1. The Morgan fingerprint density at radius 1 is 1.00 bits per heavy atom. The predicted octanol–water partition coefficient (Wildman–Crippen LogP) is 4.42. The van der Waals surface area contributed by atoms with E-state index in [1.165, 1.54) is 0 Å². The minimum absolute atomic E-state index is 0.631. The maximum atomic E-state index is 6.13. The molecule has 0 aliphatic carbocycles. The van der Waals surface area contributed by atoms with Crippen molar-refractivity contribution >= 4 is 28.9 Å². The lowest BCUT2D eigenvalue weighted by Crippen LogP contribution is -2.21. The summed E-state index contributed by atoms with van der Waals surface area (Å²) in [4.78, 5) is 0. The molecule has 2 rings (SSSR count). The van der Waals surface area contributed by atoms with Crippen LogP contribution in [0, 0.1) is 6.92 Å². The molecule has 2 aromatic carbocycles. The summed E-state index contributed by atoms with van der Waals surface area (Å²) in [5.74, 6) is 0. The number of hydrazine groups is 1. The van der Waals surface area contributed by atoms with E-state index >= 15 is 0 Å². The summed E-state index contributed by atoms with van der Waals surface area (Å²) >= 11 is 12.1. The van der Waals surface area contributed by atoms with Gasteiger partial charge in [0, 0.05) is 22.3 Å². The third-order valence-electron chi connectivity index (χ3n) is 2.61. The molecule has 2 N–H and O–H groups in total. The molecule has 0 heterocycles. The Balaban J connectivity index is 1.97. The van der Waals surface area contributed by atoms with Gasteiger partial charge in [-0.2, -0.15) is 0 Å². The van der Waals surface area contributed by atoms with Crippen LogP contribution in [0.5, 0.6) is 0 Å². The fourth-order valence-electron chi connectivity index (χ4n) is 1.62. The lowest BCUT2D eigenvalue weighted by atomic mass is 10.1. The molecule has 0 spiro atoms. The molecule has 4 heteroatoms. The first-order chi connectivity index (χ1) is 8.66. The number of anilines is 1. The van der Waals surface area contributed by atoms with Crippen LogP contribution in [-0.4, -0.2) is 0 Å². The molecule has 0 atom stereocenters. The van der Waals surface area contributed by atoms with Crippen LogP contribution in [0.25, 0.3) is 0 Å². The SMILES string of the molecule is Cc1cc(CNNc2ccccc2)c(Cl)cc1Cl. The molecule has 0 saturated heterocycles. The smallest absolute Gasteiger partial charge is 0.0487 e. The largest absolute Gasteiger partial charge is 0.321 e. The molecule has 2 nitrogen and oxygen atoms in total. The summed E-state index contributed by atoms with van der Waals surface area (Å²) in [6.07, 6.45) is 0. The van der Waals surface area contributed by atoms with Crippen molar-refractivity contribution in [2.75, 3.05) is 5.43 Å². The standard InChI is InChI=1S/C14H14Cl2N2/c1-10-7-11(14(16)8-13(10)15)9-17-18-12-5-3-2-4-6-12/h2-8,17-18H,9H2,1H3. The van der Waals surface area contributed by atoms with Crippen molar-refractivity contribution in [3.63, 3.8) is 0 Å². The van der Waals surface area contributed by atoms with Crippen molar-refractivity contribution in [3.8, 4) is 0 Å². The molecule has 0 aliphatic rings. The Morgan fingerprint density at radius 3 is 2.44 bits per heavy atom. The zero-order valence-electron chi connectivity index (χ0n) is 10.0. The predicted molar refractivity (Wildman–Crippen MR) is 78.1 cm³/mol. The fourth-order valence-corrected chi connectivity index (χ4v) is 2.07. The van der Waals surface area contributed by atoms with Crippen molar-refractivity contribution in [3.05, 3.63) is 63.6 Å². The first kappa shape index (κ1) is 13.2. The van der Waals surface area contributed by atoms with Gasteiger partial charge in [0.2, 0.25) is 0 Å². The molecule has 0 amide bonds. The van der Waals surface area contributed by atoms with Crippen LogP contribution < -0.4 is 10.9 Å². The summed E-state index contributed by atoms with van der Waals surface area (Å²) in [7, 11) is 0. The maximum absolute atomic E-state index is 6.13. The van der Waals surface area contributed by atoms with Gasteiger partial charge >= 0.3 is 0 Å². The quantitative estimate of drug-likeness (QED) is 0.811. The van der Waals surface area contributed by atoms with Gasteiger partial charge in [0.05, 0.1) is 0 Å². The Hall–Kier alpha value is -1.22. The Labute approximate surface area is 117 Å². The van der Waals surface area contributed by atoms with Gasteiger partial charge in [-0.25, -0.2) is 5.43 Å². The van der Waals surface area contributed by atoms with Crippen LogP contribution in [0.2, 0.25) is 10.0 Å². The lowest BCUT2D eigenvalue weighted by molar-refractivity contribution is 0.801. The lowest BCUT2D eigenvalue weighted by Gasteiger charge is -2.11. The molecule has 0 radical (unpaired) electrons. The summed E-state index contributed by atoms with van der Waals surface area (Å²) in [5.41, 5.74) is 9.30. The number of nitrogens with one attached hydrogen (secondary N) is 2. The topological polar surface area (TPSA) is 24.1 Å². The second kappa shape index (κ2) is 6.10. The zero-order chi connectivity index (χ0) is 13.0. The molecule has 2 aromatic rings. The Morgan fingerprint density at radius 2 is 1.72 bits per heavy atom. The van der Waals surface area contributed by atoms with E-state index in [2.05, 4.69) is 10.9 Å². The van der Waals surface area contributed by atoms with E-state index in [4.69, 9.17) is 23.2 Å². The molecule has 94 valence electrons. The third kappa shape index (κ3) is 3.39. The van der Waals surface area contributed by atoms with Gasteiger partial charge in [-0.1, -0.05) is 47.5 Å². The highest BCUT2D eigenvalue weighted by molar-refractivity contribution is 6.35. The van der Waals surface area contributed by atoms with Crippen LogP contribution in [-0.2, 0) is 6.54 Å². The first-order valence-corrected chi connectivity index (χ1v) is 6.41. The van der Waals surface area contributed by atoms with E-state index in [-0.39, 0.29) is 0 Å². The van der Waals surface area contributed by atoms with E-state index in [1.807, 2.05) is 43.3 Å². The highest BCUT2D eigenvalue weighted by atomic mass is 35.5. The minimum atomic E-state index is 0.631. The van der Waals surface area contributed by atoms with Gasteiger partial charge in [0.25, 0.3) is 0 Å². The van der Waals surface area contributed by atoms with Crippen molar-refractivity contribution in [1.82, 2.24) is 5.43 Å². The average molecular weight is 281 g/mol. The molecule has 0 aliphatic heterocycles. The summed E-state index contributed by atoms with van der Waals surface area (Å²) < 4.78 is 0. The Kier molecular flexibility index (Phi) is 4.48. The highest BCUT2D eigenvalue weighted by Gasteiger charge is 2.04. The third-order valence-corrected chi connectivity index (χ3v) is 3.37. The van der Waals surface area contributed by atoms with E-state index in [0.29, 0.717) is 16.6 Å². The minimum Gasteiger partial charge on any atom is -0.321 e. The summed E-state index contributed by atoms with van der Waals surface area (Å²) in [5, 5.41) is 1.37. The fraction of sp³-hybridized carbons (Fsp3) is 0.143. The highest BCUT2D eigenvalue weighted by Crippen LogP contribution is 2.24. The van der Waals surface area contributed by atoms with Crippen molar-refractivity contribution in [1.29, 1.82) is 0 Å². The maximum Gasteiger partial charge on any atom is 0.0487 e. The van der Waals surface area contributed by atoms with Gasteiger partial charge in [-0.15, -0.1) is 0 Å². The van der Waals surface area contributed by atoms with E-state index in [1.54, 1.807) is 6.07 Å². The molecule has 0 bridgehead atoms. The zero-order valence-corrected chi connectivity index (χ0v) is 11.5. The van der Waals surface area contributed by atoms with Crippen LogP contribution in [0.4, 0.5) is 5.69 Å². The number of rotatable bonds is 4. The molecular formula is C14H14Cl2N2. The average Bonchev–Trinajstić information content (AvgIpc) is 2.37.